The number of allylic oxidation sites excluding steroid dienone is 20. The summed E-state index contributed by atoms with van der Waals surface area (Å²) in [4.78, 5) is 73.2. The minimum absolute atomic E-state index is 0.0751. The van der Waals surface area contributed by atoms with Crippen molar-refractivity contribution in [2.75, 3.05) is 39.6 Å². The van der Waals surface area contributed by atoms with Crippen LogP contribution in [0.2, 0.25) is 0 Å². The van der Waals surface area contributed by atoms with E-state index < -0.39 is 97.5 Å². The number of hydrogen-bond donors (Lipinski definition) is 3. The maximum Gasteiger partial charge on any atom is 0.472 e. The van der Waals surface area contributed by atoms with Crippen LogP contribution < -0.4 is 0 Å². The van der Waals surface area contributed by atoms with Gasteiger partial charge in [0.15, 0.2) is 12.2 Å². The molecule has 0 radical (unpaired) electrons. The van der Waals surface area contributed by atoms with Crippen LogP contribution in [-0.2, 0) is 65.4 Å². The Bertz CT molecular complexity index is 2480. The Kier molecular flexibility index (Phi) is 75.2. The van der Waals surface area contributed by atoms with E-state index in [0.717, 1.165) is 186 Å². The van der Waals surface area contributed by atoms with Crippen molar-refractivity contribution in [2.24, 2.45) is 0 Å². The van der Waals surface area contributed by atoms with E-state index in [1.165, 1.54) is 83.5 Å². The van der Waals surface area contributed by atoms with Gasteiger partial charge in [-0.1, -0.05) is 310 Å². The lowest BCUT2D eigenvalue weighted by molar-refractivity contribution is -0.161. The predicted octanol–water partition coefficient (Wildman–Crippen LogP) is 24.7. The lowest BCUT2D eigenvalue weighted by atomic mass is 10.0. The van der Waals surface area contributed by atoms with Crippen LogP contribution >= 0.6 is 15.6 Å². The Balaban J connectivity index is 5.40. The lowest BCUT2D eigenvalue weighted by Crippen LogP contribution is -2.30. The van der Waals surface area contributed by atoms with Gasteiger partial charge in [-0.05, 0) is 135 Å². The number of aliphatic hydroxyl groups is 1. The molecule has 0 spiro atoms. The van der Waals surface area contributed by atoms with Crippen LogP contribution in [0.5, 0.6) is 0 Å². The van der Waals surface area contributed by atoms with Crippen molar-refractivity contribution in [1.82, 2.24) is 0 Å². The van der Waals surface area contributed by atoms with Crippen LogP contribution in [0.3, 0.4) is 0 Å². The number of phosphoric ester groups is 2. The first-order chi connectivity index (χ1) is 51.7. The maximum atomic E-state index is 13.1. The van der Waals surface area contributed by atoms with Crippen molar-refractivity contribution >= 4 is 39.5 Å². The van der Waals surface area contributed by atoms with Gasteiger partial charge in [-0.3, -0.25) is 37.3 Å². The van der Waals surface area contributed by atoms with Gasteiger partial charge in [0.05, 0.1) is 26.4 Å². The highest BCUT2D eigenvalue weighted by Gasteiger charge is 2.30. The zero-order chi connectivity index (χ0) is 77.4. The van der Waals surface area contributed by atoms with Crippen LogP contribution in [-0.4, -0.2) is 96.7 Å². The number of aliphatic hydroxyl groups excluding tert-OH is 1. The van der Waals surface area contributed by atoms with Crippen LogP contribution in [0.25, 0.3) is 0 Å². The molecule has 0 aliphatic rings. The molecule has 0 amide bonds. The summed E-state index contributed by atoms with van der Waals surface area (Å²) < 4.78 is 68.7. The van der Waals surface area contributed by atoms with E-state index in [-0.39, 0.29) is 25.7 Å². The third kappa shape index (κ3) is 77.6. The van der Waals surface area contributed by atoms with Gasteiger partial charge < -0.3 is 33.8 Å². The highest BCUT2D eigenvalue weighted by molar-refractivity contribution is 7.47. The van der Waals surface area contributed by atoms with Crippen LogP contribution in [0.15, 0.2) is 122 Å². The Labute approximate surface area is 644 Å². The number of unbranched alkanes of at least 4 members (excludes halogenated alkanes) is 32. The summed E-state index contributed by atoms with van der Waals surface area (Å²) in [6, 6.07) is 0. The zero-order valence-corrected chi connectivity index (χ0v) is 68.6. The number of phosphoric acid groups is 2. The monoisotopic (exact) mass is 1530 g/mol. The van der Waals surface area contributed by atoms with E-state index in [9.17, 15) is 43.2 Å². The van der Waals surface area contributed by atoms with Gasteiger partial charge in [-0.15, -0.1) is 0 Å². The number of hydrogen-bond acceptors (Lipinski definition) is 15. The average Bonchev–Trinajstić information content (AvgIpc) is 0.909. The number of ether oxygens (including phenoxy) is 4. The van der Waals surface area contributed by atoms with Gasteiger partial charge in [0, 0.05) is 25.7 Å². The molecule has 610 valence electrons. The highest BCUT2D eigenvalue weighted by atomic mass is 31.2. The van der Waals surface area contributed by atoms with Gasteiger partial charge in [0.2, 0.25) is 0 Å². The average molecular weight is 1530 g/mol. The van der Waals surface area contributed by atoms with Crippen molar-refractivity contribution < 1.29 is 80.2 Å². The first-order valence-electron chi connectivity index (χ1n) is 41.8. The fourth-order valence-corrected chi connectivity index (χ4v) is 12.7. The van der Waals surface area contributed by atoms with Crippen molar-refractivity contribution in [3.05, 3.63) is 122 Å². The summed E-state index contributed by atoms with van der Waals surface area (Å²) in [6.45, 7) is 4.61. The number of carbonyl (C=O) groups is 4. The van der Waals surface area contributed by atoms with E-state index in [4.69, 9.17) is 37.0 Å². The molecule has 0 fully saturated rings. The Morgan fingerprint density at radius 2 is 0.491 bits per heavy atom. The van der Waals surface area contributed by atoms with Gasteiger partial charge >= 0.3 is 39.5 Å². The summed E-state index contributed by atoms with van der Waals surface area (Å²) >= 11 is 0. The molecule has 106 heavy (non-hydrogen) atoms. The second kappa shape index (κ2) is 78.6. The van der Waals surface area contributed by atoms with E-state index in [2.05, 4.69) is 149 Å². The molecule has 0 aliphatic heterocycles. The van der Waals surface area contributed by atoms with Gasteiger partial charge in [0.25, 0.3) is 0 Å². The van der Waals surface area contributed by atoms with Gasteiger partial charge in [-0.2, -0.15) is 0 Å². The largest absolute Gasteiger partial charge is 0.472 e. The van der Waals surface area contributed by atoms with E-state index in [1.807, 2.05) is 0 Å². The van der Waals surface area contributed by atoms with Gasteiger partial charge in [0.1, 0.15) is 19.3 Å². The molecular formula is C87H150O17P2. The third-order valence-electron chi connectivity index (χ3n) is 17.4. The Morgan fingerprint density at radius 1 is 0.274 bits per heavy atom. The normalized spacial score (nSPS) is 14.4. The highest BCUT2D eigenvalue weighted by Crippen LogP contribution is 2.45. The molecule has 0 saturated heterocycles. The molecule has 19 heteroatoms. The first-order valence-corrected chi connectivity index (χ1v) is 44.8. The Hall–Kier alpha value is -4.54. The van der Waals surface area contributed by atoms with Crippen LogP contribution in [0, 0.1) is 0 Å². The molecule has 0 saturated carbocycles. The zero-order valence-electron chi connectivity index (χ0n) is 66.8. The molecule has 0 aromatic heterocycles. The fraction of sp³-hybridized carbons (Fsp3) is 0.724. The second-order valence-electron chi connectivity index (χ2n) is 27.7. The molecule has 0 bridgehead atoms. The minimum Gasteiger partial charge on any atom is -0.462 e. The third-order valence-corrected chi connectivity index (χ3v) is 19.3. The van der Waals surface area contributed by atoms with E-state index in [1.54, 1.807) is 0 Å². The smallest absolute Gasteiger partial charge is 0.462 e. The van der Waals surface area contributed by atoms with Crippen molar-refractivity contribution in [2.45, 2.75) is 367 Å². The molecule has 0 aromatic carbocycles. The van der Waals surface area contributed by atoms with Crippen LogP contribution in [0.1, 0.15) is 349 Å². The quantitative estimate of drug-likeness (QED) is 0.0169. The summed E-state index contributed by atoms with van der Waals surface area (Å²) in [6.07, 6.45) is 87.3. The molecule has 3 N–H and O–H groups in total. The Morgan fingerprint density at radius 3 is 0.783 bits per heavy atom. The summed E-state index contributed by atoms with van der Waals surface area (Å²) in [7, 11) is -9.98. The lowest BCUT2D eigenvalue weighted by Gasteiger charge is -2.21. The molecule has 0 rings (SSSR count). The van der Waals surface area contributed by atoms with Crippen molar-refractivity contribution in [3.8, 4) is 0 Å². The van der Waals surface area contributed by atoms with Crippen molar-refractivity contribution in [1.29, 1.82) is 0 Å². The predicted molar refractivity (Wildman–Crippen MR) is 436 cm³/mol. The number of esters is 4. The number of rotatable bonds is 78. The molecule has 0 aliphatic carbocycles. The summed E-state index contributed by atoms with van der Waals surface area (Å²) in [5.41, 5.74) is 0. The molecule has 5 unspecified atom stereocenters. The van der Waals surface area contributed by atoms with Crippen LogP contribution in [0.4, 0.5) is 0 Å². The summed E-state index contributed by atoms with van der Waals surface area (Å²) in [5, 5.41) is 10.7. The standard InChI is InChI=1S/C87H150O17P2/c1-5-9-13-17-21-25-29-33-37-39-40-42-46-48-52-56-60-64-68-72-85(90)98-78-83(104-87(92)74-70-66-62-58-54-50-44-36-32-28-24-20-16-12-8-4)80-102-106(95,96)100-76-81(88)75-99-105(93,94)101-79-82(103-86(91)73-69-65-61-57-53-49-43-35-31-27-23-19-15-11-7-3)77-97-84(89)71-67-63-59-55-51-47-45-41-38-34-30-26-22-18-14-10-6-2/h9-10,13-14,21-23,25-27,33-35,37-38,40,42-43,48,52,81-83,88H,5-8,11-12,15-20,24,28-32,36,39,41,44-47,49-51,53-80H2,1-4H3,(H,93,94)(H,95,96)/b13-9-,14-10-,25-21-,26-22-,27-23-,37-33-,38-34-,42-40-,43-35-,52-48-. The fourth-order valence-electron chi connectivity index (χ4n) is 11.1. The molecule has 0 aromatic rings. The minimum atomic E-state index is -4.99. The molecule has 17 nitrogen and oxygen atoms in total. The second-order valence-corrected chi connectivity index (χ2v) is 30.6. The molecule has 0 heterocycles. The first kappa shape index (κ1) is 101. The number of carbonyl (C=O) groups excluding carboxylic acids is 4. The SMILES string of the molecule is CC/C=C\C/C=C\C/C=C\C/C=C\C/C=C\CCCCCC(=O)OCC(COP(=O)(O)OCC(O)COP(=O)(O)OCC(COC(=O)CCCCCCCCC/C=C\C/C=C\C/C=C\CC)OC(=O)CCCCCCC/C=C\C/C=C\CCCCC)OC(=O)CCCCCCCCCCCCCCCCC. The maximum absolute atomic E-state index is 13.1. The van der Waals surface area contributed by atoms with E-state index in [0.29, 0.717) is 25.7 Å². The topological polar surface area (TPSA) is 237 Å². The summed E-state index contributed by atoms with van der Waals surface area (Å²) in [5.74, 6) is -2.22. The van der Waals surface area contributed by atoms with Gasteiger partial charge in [-0.25, -0.2) is 9.13 Å². The van der Waals surface area contributed by atoms with Crippen molar-refractivity contribution in [3.63, 3.8) is 0 Å². The molecule has 5 atom stereocenters. The van der Waals surface area contributed by atoms with E-state index >= 15 is 0 Å². The molecular weight excluding hydrogens is 1380 g/mol.